The minimum Gasteiger partial charge on any atom is -0.396 e. The summed E-state index contributed by atoms with van der Waals surface area (Å²) in [5.41, 5.74) is 0. The second kappa shape index (κ2) is 8.14. The Labute approximate surface area is 119 Å². The van der Waals surface area contributed by atoms with Crippen molar-refractivity contribution in [3.63, 3.8) is 0 Å². The van der Waals surface area contributed by atoms with Gasteiger partial charge in [-0.3, -0.25) is 4.79 Å². The van der Waals surface area contributed by atoms with Crippen LogP contribution in [0.3, 0.4) is 0 Å². The molecule has 1 aromatic rings. The molecule has 0 amide bonds. The maximum absolute atomic E-state index is 12.1. The largest absolute Gasteiger partial charge is 0.396 e. The number of hydrogen-bond acceptors (Lipinski definition) is 5. The molecule has 0 radical (unpaired) electrons. The van der Waals surface area contributed by atoms with E-state index in [9.17, 15) is 18.3 Å². The third-order valence-electron chi connectivity index (χ3n) is 3.06. The Morgan fingerprint density at radius 1 is 1.15 bits per heavy atom. The van der Waals surface area contributed by atoms with Crippen LogP contribution in [0.2, 0.25) is 0 Å². The van der Waals surface area contributed by atoms with E-state index in [0.29, 0.717) is 12.8 Å². The van der Waals surface area contributed by atoms with E-state index in [1.165, 1.54) is 12.1 Å². The summed E-state index contributed by atoms with van der Waals surface area (Å²) in [7, 11) is -3.42. The third kappa shape index (κ3) is 5.40. The molecule has 0 aliphatic carbocycles. The molecule has 1 unspecified atom stereocenters. The van der Waals surface area contributed by atoms with Crippen LogP contribution in [-0.2, 0) is 14.6 Å². The van der Waals surface area contributed by atoms with Gasteiger partial charge in [0.05, 0.1) is 10.6 Å². The topological polar surface area (TPSA) is 91.7 Å². The number of hydrogen-bond donors (Lipinski definition) is 2. The van der Waals surface area contributed by atoms with Crippen LogP contribution in [-0.4, -0.2) is 43.4 Å². The number of aliphatic hydroxyl groups excluding tert-OH is 2. The maximum atomic E-state index is 12.1. The molecule has 6 heteroatoms. The highest BCUT2D eigenvalue weighted by Crippen LogP contribution is 2.17. The number of aliphatic hydroxyl groups is 2. The van der Waals surface area contributed by atoms with Crippen molar-refractivity contribution in [2.75, 3.05) is 19.0 Å². The number of carbonyl (C=O) groups excluding carboxylic acids is 1. The van der Waals surface area contributed by atoms with E-state index in [4.69, 9.17) is 5.11 Å². The predicted octanol–water partition coefficient (Wildman–Crippen LogP) is 0.800. The molecule has 0 saturated heterocycles. The van der Waals surface area contributed by atoms with Gasteiger partial charge in [-0.1, -0.05) is 18.2 Å². The first kappa shape index (κ1) is 16.8. The quantitative estimate of drug-likeness (QED) is 0.704. The fourth-order valence-electron chi connectivity index (χ4n) is 1.93. The Bertz CT molecular complexity index is 510. The van der Waals surface area contributed by atoms with Gasteiger partial charge in [-0.2, -0.15) is 0 Å². The molecule has 2 N–H and O–H groups in total. The highest BCUT2D eigenvalue weighted by molar-refractivity contribution is 7.91. The van der Waals surface area contributed by atoms with Gasteiger partial charge in [-0.15, -0.1) is 0 Å². The average Bonchev–Trinajstić information content (AvgIpc) is 2.46. The summed E-state index contributed by atoms with van der Waals surface area (Å²) in [6, 6.07) is 8.10. The average molecular weight is 300 g/mol. The summed E-state index contributed by atoms with van der Waals surface area (Å²) < 4.78 is 24.3. The highest BCUT2D eigenvalue weighted by atomic mass is 32.2. The Kier molecular flexibility index (Phi) is 6.84. The van der Waals surface area contributed by atoms with Gasteiger partial charge < -0.3 is 10.2 Å². The number of benzene rings is 1. The zero-order chi connectivity index (χ0) is 15.0. The Morgan fingerprint density at radius 3 is 2.35 bits per heavy atom. The van der Waals surface area contributed by atoms with E-state index in [1.54, 1.807) is 18.2 Å². The first-order chi connectivity index (χ1) is 9.49. The summed E-state index contributed by atoms with van der Waals surface area (Å²) >= 11 is 0. The summed E-state index contributed by atoms with van der Waals surface area (Å²) in [5.74, 6) is -0.805. The van der Waals surface area contributed by atoms with Gasteiger partial charge in [0, 0.05) is 13.0 Å². The van der Waals surface area contributed by atoms with Crippen molar-refractivity contribution >= 4 is 15.6 Å². The van der Waals surface area contributed by atoms with Gasteiger partial charge in [-0.05, 0) is 30.9 Å². The van der Waals surface area contributed by atoms with Gasteiger partial charge in [0.15, 0.2) is 15.6 Å². The number of Topliss-reactive ketones (excluding diaryl/α,β-unsaturated/α-hetero) is 1. The van der Waals surface area contributed by atoms with E-state index in [0.717, 1.165) is 0 Å². The number of ketones is 1. The highest BCUT2D eigenvalue weighted by Gasteiger charge is 2.20. The fraction of sp³-hybridized carbons (Fsp3) is 0.500. The lowest BCUT2D eigenvalue weighted by molar-refractivity contribution is -0.121. The van der Waals surface area contributed by atoms with Crippen LogP contribution in [0.25, 0.3) is 0 Å². The van der Waals surface area contributed by atoms with Gasteiger partial charge in [0.1, 0.15) is 6.61 Å². The van der Waals surface area contributed by atoms with E-state index < -0.39 is 22.4 Å². The molecule has 0 fully saturated rings. The van der Waals surface area contributed by atoms with E-state index in [-0.39, 0.29) is 29.5 Å². The molecule has 1 aromatic carbocycles. The Balaban J connectivity index is 2.57. The lowest BCUT2D eigenvalue weighted by Crippen LogP contribution is -2.20. The number of carbonyl (C=O) groups is 1. The molecular weight excluding hydrogens is 280 g/mol. The Morgan fingerprint density at radius 2 is 1.80 bits per heavy atom. The summed E-state index contributed by atoms with van der Waals surface area (Å²) in [6.07, 6.45) is 1.11. The summed E-state index contributed by atoms with van der Waals surface area (Å²) in [4.78, 5) is 11.2. The molecule has 112 valence electrons. The number of rotatable bonds is 9. The van der Waals surface area contributed by atoms with Crippen molar-refractivity contribution in [1.29, 1.82) is 0 Å². The van der Waals surface area contributed by atoms with Crippen molar-refractivity contribution in [2.45, 2.75) is 24.2 Å². The molecule has 1 atom stereocenters. The SMILES string of the molecule is O=C(CO)CCCC(CO)CS(=O)(=O)c1ccccc1. The lowest BCUT2D eigenvalue weighted by Gasteiger charge is -2.14. The molecule has 20 heavy (non-hydrogen) atoms. The van der Waals surface area contributed by atoms with Crippen LogP contribution in [0.5, 0.6) is 0 Å². The van der Waals surface area contributed by atoms with Crippen molar-refractivity contribution in [3.8, 4) is 0 Å². The molecule has 0 bridgehead atoms. The second-order valence-corrected chi connectivity index (χ2v) is 6.77. The van der Waals surface area contributed by atoms with Gasteiger partial charge in [-0.25, -0.2) is 8.42 Å². The summed E-state index contributed by atoms with van der Waals surface area (Å²) in [6.45, 7) is -0.731. The minimum absolute atomic E-state index is 0.138. The van der Waals surface area contributed by atoms with E-state index in [2.05, 4.69) is 0 Å². The van der Waals surface area contributed by atoms with E-state index in [1.807, 2.05) is 0 Å². The van der Waals surface area contributed by atoms with Crippen LogP contribution >= 0.6 is 0 Å². The molecule has 0 aromatic heterocycles. The maximum Gasteiger partial charge on any atom is 0.178 e. The number of sulfone groups is 1. The first-order valence-electron chi connectivity index (χ1n) is 6.51. The zero-order valence-electron chi connectivity index (χ0n) is 11.2. The molecule has 0 aliphatic heterocycles. The van der Waals surface area contributed by atoms with Gasteiger partial charge in [0.2, 0.25) is 0 Å². The zero-order valence-corrected chi connectivity index (χ0v) is 12.1. The molecule has 0 saturated carbocycles. The molecular formula is C14H20O5S. The first-order valence-corrected chi connectivity index (χ1v) is 8.16. The normalized spacial score (nSPS) is 13.1. The molecule has 0 aliphatic rings. The predicted molar refractivity (Wildman–Crippen MR) is 75.0 cm³/mol. The lowest BCUT2D eigenvalue weighted by atomic mass is 10.0. The molecule has 5 nitrogen and oxygen atoms in total. The molecule has 1 rings (SSSR count). The van der Waals surface area contributed by atoms with Crippen molar-refractivity contribution in [2.24, 2.45) is 5.92 Å². The van der Waals surface area contributed by atoms with Crippen molar-refractivity contribution in [3.05, 3.63) is 30.3 Å². The van der Waals surface area contributed by atoms with Crippen molar-refractivity contribution < 1.29 is 23.4 Å². The molecule has 0 heterocycles. The van der Waals surface area contributed by atoms with Crippen molar-refractivity contribution in [1.82, 2.24) is 0 Å². The van der Waals surface area contributed by atoms with Crippen LogP contribution in [0.15, 0.2) is 35.2 Å². The fourth-order valence-corrected chi connectivity index (χ4v) is 3.59. The summed E-state index contributed by atoms with van der Waals surface area (Å²) in [5, 5.41) is 17.9. The smallest absolute Gasteiger partial charge is 0.178 e. The molecule has 0 spiro atoms. The standard InChI is InChI=1S/C14H20O5S/c15-9-12(5-4-6-13(17)10-16)11-20(18,19)14-7-2-1-3-8-14/h1-3,7-8,12,15-16H,4-6,9-11H2. The van der Waals surface area contributed by atoms with Crippen LogP contribution in [0.1, 0.15) is 19.3 Å². The third-order valence-corrected chi connectivity index (χ3v) is 4.96. The van der Waals surface area contributed by atoms with Crippen LogP contribution in [0, 0.1) is 5.92 Å². The van der Waals surface area contributed by atoms with Crippen LogP contribution < -0.4 is 0 Å². The van der Waals surface area contributed by atoms with Gasteiger partial charge in [0.25, 0.3) is 0 Å². The minimum atomic E-state index is -3.42. The monoisotopic (exact) mass is 300 g/mol. The Hall–Kier alpha value is -1.24. The van der Waals surface area contributed by atoms with Gasteiger partial charge >= 0.3 is 0 Å². The van der Waals surface area contributed by atoms with Crippen LogP contribution in [0.4, 0.5) is 0 Å². The second-order valence-electron chi connectivity index (χ2n) is 4.73. The van der Waals surface area contributed by atoms with E-state index >= 15 is 0 Å².